The van der Waals surface area contributed by atoms with Gasteiger partial charge in [-0.25, -0.2) is 4.79 Å². The summed E-state index contributed by atoms with van der Waals surface area (Å²) in [5.41, 5.74) is 1.41. The largest absolute Gasteiger partial charge is 0.494 e. The number of halogens is 1. The first kappa shape index (κ1) is 19.0. The van der Waals surface area contributed by atoms with Crippen molar-refractivity contribution in [2.75, 3.05) is 13.7 Å². The van der Waals surface area contributed by atoms with Gasteiger partial charge in [-0.05, 0) is 48.4 Å². The van der Waals surface area contributed by atoms with E-state index in [-0.39, 0.29) is 11.9 Å². The molecule has 25 heavy (non-hydrogen) atoms. The lowest BCUT2D eigenvalue weighted by molar-refractivity contribution is -0.121. The van der Waals surface area contributed by atoms with E-state index in [1.165, 1.54) is 7.11 Å². The van der Waals surface area contributed by atoms with Crippen LogP contribution < -0.4 is 10.1 Å². The van der Waals surface area contributed by atoms with Gasteiger partial charge in [0.25, 0.3) is 0 Å². The van der Waals surface area contributed by atoms with E-state index in [1.54, 1.807) is 24.3 Å². The molecule has 0 aliphatic carbocycles. The van der Waals surface area contributed by atoms with Crippen LogP contribution in [0.3, 0.4) is 0 Å². The predicted octanol–water partition coefficient (Wildman–Crippen LogP) is 3.71. The Labute approximate surface area is 155 Å². The van der Waals surface area contributed by atoms with Crippen LogP contribution in [0.25, 0.3) is 0 Å². The van der Waals surface area contributed by atoms with E-state index in [4.69, 9.17) is 4.74 Å². The highest BCUT2D eigenvalue weighted by atomic mass is 79.9. The minimum Gasteiger partial charge on any atom is -0.494 e. The molecular weight excluding hydrogens is 386 g/mol. The van der Waals surface area contributed by atoms with Crippen molar-refractivity contribution >= 4 is 27.8 Å². The van der Waals surface area contributed by atoms with Gasteiger partial charge < -0.3 is 14.8 Å². The second kappa shape index (κ2) is 9.84. The van der Waals surface area contributed by atoms with Crippen molar-refractivity contribution in [2.24, 2.45) is 0 Å². The molecule has 0 saturated heterocycles. The molecule has 0 aromatic heterocycles. The molecule has 2 aromatic rings. The number of methoxy groups -OCH3 is 1. The molecule has 6 heteroatoms. The van der Waals surface area contributed by atoms with Crippen molar-refractivity contribution in [1.82, 2.24) is 5.32 Å². The van der Waals surface area contributed by atoms with Gasteiger partial charge in [-0.3, -0.25) is 4.79 Å². The Balaban J connectivity index is 1.65. The molecule has 1 N–H and O–H groups in total. The lowest BCUT2D eigenvalue weighted by atomic mass is 10.1. The van der Waals surface area contributed by atoms with Gasteiger partial charge >= 0.3 is 5.97 Å². The first-order valence-corrected chi connectivity index (χ1v) is 8.70. The Morgan fingerprint density at radius 3 is 2.36 bits per heavy atom. The van der Waals surface area contributed by atoms with Crippen LogP contribution >= 0.6 is 15.9 Å². The Morgan fingerprint density at radius 2 is 1.72 bits per heavy atom. The fourth-order valence-electron chi connectivity index (χ4n) is 2.12. The van der Waals surface area contributed by atoms with Crippen LogP contribution in [0.5, 0.6) is 5.75 Å². The highest BCUT2D eigenvalue weighted by Crippen LogP contribution is 2.16. The van der Waals surface area contributed by atoms with Crippen molar-refractivity contribution in [1.29, 1.82) is 0 Å². The van der Waals surface area contributed by atoms with Crippen molar-refractivity contribution < 1.29 is 19.1 Å². The van der Waals surface area contributed by atoms with Crippen LogP contribution in [0, 0.1) is 0 Å². The van der Waals surface area contributed by atoms with E-state index >= 15 is 0 Å². The predicted molar refractivity (Wildman–Crippen MR) is 98.5 cm³/mol. The van der Waals surface area contributed by atoms with Gasteiger partial charge in [-0.2, -0.15) is 0 Å². The number of hydrogen-bond acceptors (Lipinski definition) is 4. The molecule has 0 radical (unpaired) electrons. The molecule has 0 heterocycles. The lowest BCUT2D eigenvalue weighted by Crippen LogP contribution is -2.23. The number of rotatable bonds is 8. The molecule has 0 unspecified atom stereocenters. The quantitative estimate of drug-likeness (QED) is 0.536. The van der Waals surface area contributed by atoms with E-state index in [9.17, 15) is 9.59 Å². The Kier molecular flexibility index (Phi) is 7.47. The summed E-state index contributed by atoms with van der Waals surface area (Å²) in [4.78, 5) is 23.2. The Bertz CT molecular complexity index is 698. The van der Waals surface area contributed by atoms with Gasteiger partial charge in [0.1, 0.15) is 5.75 Å². The number of amides is 1. The summed E-state index contributed by atoms with van der Waals surface area (Å²) in [6, 6.07) is 14.5. The third-order valence-corrected chi connectivity index (χ3v) is 4.02. The number of ether oxygens (including phenoxy) is 2. The summed E-state index contributed by atoms with van der Waals surface area (Å²) in [5.74, 6) is 0.382. The maximum absolute atomic E-state index is 11.8. The first-order valence-electron chi connectivity index (χ1n) is 7.91. The van der Waals surface area contributed by atoms with Crippen molar-refractivity contribution in [3.63, 3.8) is 0 Å². The topological polar surface area (TPSA) is 64.6 Å². The van der Waals surface area contributed by atoms with Crippen LogP contribution in [0.15, 0.2) is 53.0 Å². The summed E-state index contributed by atoms with van der Waals surface area (Å²) < 4.78 is 11.2. The smallest absolute Gasteiger partial charge is 0.337 e. The van der Waals surface area contributed by atoms with Crippen molar-refractivity contribution in [2.45, 2.75) is 19.4 Å². The van der Waals surface area contributed by atoms with E-state index < -0.39 is 0 Å². The summed E-state index contributed by atoms with van der Waals surface area (Å²) in [6.45, 7) is 0.913. The average molecular weight is 406 g/mol. The molecule has 0 aliphatic rings. The fraction of sp³-hybridized carbons (Fsp3) is 0.263. The van der Waals surface area contributed by atoms with Gasteiger partial charge in [-0.1, -0.05) is 28.1 Å². The minimum atomic E-state index is -0.374. The third-order valence-electron chi connectivity index (χ3n) is 3.50. The molecule has 2 rings (SSSR count). The molecule has 132 valence electrons. The number of esters is 1. The van der Waals surface area contributed by atoms with E-state index in [1.807, 2.05) is 24.3 Å². The first-order chi connectivity index (χ1) is 12.1. The Morgan fingerprint density at radius 1 is 1.04 bits per heavy atom. The molecule has 0 aliphatic heterocycles. The third kappa shape index (κ3) is 6.58. The highest BCUT2D eigenvalue weighted by molar-refractivity contribution is 9.10. The number of carbonyl (C=O) groups is 2. The molecule has 0 saturated carbocycles. The number of hydrogen-bond donors (Lipinski definition) is 1. The molecule has 0 atom stereocenters. The molecular formula is C19H20BrNO4. The number of carbonyl (C=O) groups excluding carboxylic acids is 2. The van der Waals surface area contributed by atoms with Gasteiger partial charge in [0, 0.05) is 17.4 Å². The normalized spacial score (nSPS) is 10.2. The second-order valence-corrected chi connectivity index (χ2v) is 6.29. The van der Waals surface area contributed by atoms with Gasteiger partial charge in [-0.15, -0.1) is 0 Å². The molecule has 0 bridgehead atoms. The van der Waals surface area contributed by atoms with E-state index in [0.717, 1.165) is 15.8 Å². The number of nitrogens with one attached hydrogen (secondary N) is 1. The summed E-state index contributed by atoms with van der Waals surface area (Å²) in [6.07, 6.45) is 1.04. The summed E-state index contributed by atoms with van der Waals surface area (Å²) in [7, 11) is 1.34. The van der Waals surface area contributed by atoms with Crippen molar-refractivity contribution in [3.8, 4) is 5.75 Å². The van der Waals surface area contributed by atoms with E-state index in [2.05, 4.69) is 26.0 Å². The van der Waals surface area contributed by atoms with Crippen LogP contribution in [0.1, 0.15) is 28.8 Å². The monoisotopic (exact) mass is 405 g/mol. The minimum absolute atomic E-state index is 0.0311. The van der Waals surface area contributed by atoms with Gasteiger partial charge in [0.05, 0.1) is 19.3 Å². The van der Waals surface area contributed by atoms with Crippen molar-refractivity contribution in [3.05, 3.63) is 64.1 Å². The molecule has 2 aromatic carbocycles. The van der Waals surface area contributed by atoms with E-state index in [0.29, 0.717) is 31.6 Å². The maximum atomic E-state index is 11.8. The maximum Gasteiger partial charge on any atom is 0.337 e. The zero-order valence-electron chi connectivity index (χ0n) is 14.0. The zero-order chi connectivity index (χ0) is 18.1. The van der Waals surface area contributed by atoms with Gasteiger partial charge in [0.15, 0.2) is 0 Å². The second-order valence-electron chi connectivity index (χ2n) is 5.37. The molecule has 0 spiro atoms. The standard InChI is InChI=1S/C19H20BrNO4/c1-24-19(23)15-6-4-14(5-7-15)13-21-18(22)3-2-12-25-17-10-8-16(20)9-11-17/h4-11H,2-3,12-13H2,1H3,(H,21,22). The Hall–Kier alpha value is -2.34. The number of benzene rings is 2. The fourth-order valence-corrected chi connectivity index (χ4v) is 2.38. The van der Waals surface area contributed by atoms with Crippen LogP contribution in [-0.2, 0) is 16.1 Å². The van der Waals surface area contributed by atoms with Gasteiger partial charge in [0.2, 0.25) is 5.91 Å². The van der Waals surface area contributed by atoms with Crippen LogP contribution in [0.4, 0.5) is 0 Å². The molecule has 5 nitrogen and oxygen atoms in total. The SMILES string of the molecule is COC(=O)c1ccc(CNC(=O)CCCOc2ccc(Br)cc2)cc1. The average Bonchev–Trinajstić information content (AvgIpc) is 2.64. The zero-order valence-corrected chi connectivity index (χ0v) is 15.5. The highest BCUT2D eigenvalue weighted by Gasteiger charge is 2.05. The lowest BCUT2D eigenvalue weighted by Gasteiger charge is -2.08. The summed E-state index contributed by atoms with van der Waals surface area (Å²) >= 11 is 3.37. The molecule has 0 fully saturated rings. The molecule has 1 amide bonds. The van der Waals surface area contributed by atoms with Crippen LogP contribution in [0.2, 0.25) is 0 Å². The van der Waals surface area contributed by atoms with Crippen LogP contribution in [-0.4, -0.2) is 25.6 Å². The summed E-state index contributed by atoms with van der Waals surface area (Å²) in [5, 5.41) is 2.85.